The highest BCUT2D eigenvalue weighted by Gasteiger charge is 2.15. The number of rotatable bonds is 7. The van der Waals surface area contributed by atoms with Gasteiger partial charge < -0.3 is 14.8 Å². The molecule has 1 amide bonds. The average Bonchev–Trinajstić information content (AvgIpc) is 2.79. The van der Waals surface area contributed by atoms with Crippen molar-refractivity contribution in [3.63, 3.8) is 0 Å². The van der Waals surface area contributed by atoms with Gasteiger partial charge >= 0.3 is 0 Å². The van der Waals surface area contributed by atoms with Gasteiger partial charge in [-0.1, -0.05) is 47.5 Å². The molecule has 0 bridgehead atoms. The van der Waals surface area contributed by atoms with Gasteiger partial charge in [-0.3, -0.25) is 4.79 Å². The van der Waals surface area contributed by atoms with E-state index >= 15 is 0 Å². The van der Waals surface area contributed by atoms with Gasteiger partial charge in [0.05, 0.1) is 11.6 Å². The van der Waals surface area contributed by atoms with Crippen molar-refractivity contribution in [2.24, 2.45) is 0 Å². The SMILES string of the molecule is COc1cc(/C=C(/C#N)C(=O)Nc2ccc(C)cc2C)cc(Br)c1OCc1ccc(C)cc1. The maximum atomic E-state index is 12.7. The number of methoxy groups -OCH3 is 1. The molecule has 33 heavy (non-hydrogen) atoms. The lowest BCUT2D eigenvalue weighted by atomic mass is 10.1. The summed E-state index contributed by atoms with van der Waals surface area (Å²) in [6, 6.07) is 19.3. The van der Waals surface area contributed by atoms with E-state index in [1.165, 1.54) is 11.6 Å². The van der Waals surface area contributed by atoms with Gasteiger partial charge in [0.1, 0.15) is 18.2 Å². The molecule has 3 aromatic rings. The molecule has 1 N–H and O–H groups in total. The Bertz CT molecular complexity index is 1240. The number of hydrogen-bond acceptors (Lipinski definition) is 4. The zero-order chi connectivity index (χ0) is 24.0. The van der Waals surface area contributed by atoms with E-state index in [1.54, 1.807) is 19.2 Å². The number of aryl methyl sites for hydroxylation is 3. The van der Waals surface area contributed by atoms with E-state index in [1.807, 2.05) is 69.3 Å². The second kappa shape index (κ2) is 10.8. The van der Waals surface area contributed by atoms with E-state index in [0.29, 0.717) is 33.8 Å². The predicted molar refractivity (Wildman–Crippen MR) is 134 cm³/mol. The first-order chi connectivity index (χ1) is 15.8. The highest BCUT2D eigenvalue weighted by molar-refractivity contribution is 9.10. The molecule has 3 rings (SSSR count). The van der Waals surface area contributed by atoms with E-state index in [9.17, 15) is 10.1 Å². The van der Waals surface area contributed by atoms with Gasteiger partial charge in [-0.25, -0.2) is 0 Å². The number of anilines is 1. The van der Waals surface area contributed by atoms with Crippen LogP contribution in [0.4, 0.5) is 5.69 Å². The van der Waals surface area contributed by atoms with Crippen LogP contribution in [0.2, 0.25) is 0 Å². The lowest BCUT2D eigenvalue weighted by Gasteiger charge is -2.14. The van der Waals surface area contributed by atoms with Crippen molar-refractivity contribution < 1.29 is 14.3 Å². The number of amides is 1. The average molecular weight is 505 g/mol. The first-order valence-electron chi connectivity index (χ1n) is 10.4. The Morgan fingerprint density at radius 3 is 2.39 bits per heavy atom. The van der Waals surface area contributed by atoms with Gasteiger partial charge in [0.15, 0.2) is 11.5 Å². The van der Waals surface area contributed by atoms with E-state index in [0.717, 1.165) is 16.7 Å². The Morgan fingerprint density at radius 2 is 1.76 bits per heavy atom. The number of halogens is 1. The van der Waals surface area contributed by atoms with E-state index in [4.69, 9.17) is 9.47 Å². The van der Waals surface area contributed by atoms with Crippen molar-refractivity contribution in [1.82, 2.24) is 0 Å². The Hall–Kier alpha value is -3.56. The fraction of sp³-hybridized carbons (Fsp3) is 0.185. The van der Waals surface area contributed by atoms with Crippen molar-refractivity contribution in [2.75, 3.05) is 12.4 Å². The van der Waals surface area contributed by atoms with Crippen LogP contribution in [0.3, 0.4) is 0 Å². The number of nitriles is 1. The van der Waals surface area contributed by atoms with Crippen LogP contribution in [0.15, 0.2) is 64.6 Å². The molecule has 3 aromatic carbocycles. The van der Waals surface area contributed by atoms with Crippen molar-refractivity contribution >= 4 is 33.6 Å². The fourth-order valence-corrected chi connectivity index (χ4v) is 3.84. The molecule has 6 heteroatoms. The maximum Gasteiger partial charge on any atom is 0.266 e. The molecule has 0 aliphatic carbocycles. The number of nitrogens with zero attached hydrogens (tertiary/aromatic N) is 1. The largest absolute Gasteiger partial charge is 0.493 e. The lowest BCUT2D eigenvalue weighted by molar-refractivity contribution is -0.112. The predicted octanol–water partition coefficient (Wildman–Crippen LogP) is 6.51. The summed E-state index contributed by atoms with van der Waals surface area (Å²) in [5, 5.41) is 12.4. The summed E-state index contributed by atoms with van der Waals surface area (Å²) in [4.78, 5) is 12.7. The summed E-state index contributed by atoms with van der Waals surface area (Å²) >= 11 is 3.53. The molecule has 0 aliphatic heterocycles. The summed E-state index contributed by atoms with van der Waals surface area (Å²) < 4.78 is 12.1. The van der Waals surface area contributed by atoms with Crippen LogP contribution in [0.5, 0.6) is 11.5 Å². The molecule has 0 radical (unpaired) electrons. The number of carbonyl (C=O) groups is 1. The van der Waals surface area contributed by atoms with Crippen LogP contribution >= 0.6 is 15.9 Å². The lowest BCUT2D eigenvalue weighted by Crippen LogP contribution is -2.14. The van der Waals surface area contributed by atoms with E-state index in [2.05, 4.69) is 21.2 Å². The Balaban J connectivity index is 1.82. The minimum atomic E-state index is -0.473. The number of hydrogen-bond donors (Lipinski definition) is 1. The van der Waals surface area contributed by atoms with Gasteiger partial charge in [0.25, 0.3) is 5.91 Å². The van der Waals surface area contributed by atoms with Gasteiger partial charge in [0, 0.05) is 5.69 Å². The van der Waals surface area contributed by atoms with Crippen molar-refractivity contribution in [3.8, 4) is 17.6 Å². The number of ether oxygens (including phenoxy) is 2. The maximum absolute atomic E-state index is 12.7. The number of benzene rings is 3. The minimum Gasteiger partial charge on any atom is -0.493 e. The monoisotopic (exact) mass is 504 g/mol. The van der Waals surface area contributed by atoms with Crippen LogP contribution in [0.25, 0.3) is 6.08 Å². The molecule has 0 unspecified atom stereocenters. The van der Waals surface area contributed by atoms with Crippen molar-refractivity contribution in [3.05, 3.63) is 92.5 Å². The highest BCUT2D eigenvalue weighted by Crippen LogP contribution is 2.38. The highest BCUT2D eigenvalue weighted by atomic mass is 79.9. The van der Waals surface area contributed by atoms with Crippen LogP contribution in [-0.2, 0) is 11.4 Å². The second-order valence-corrected chi connectivity index (χ2v) is 8.61. The number of carbonyl (C=O) groups excluding carboxylic acids is 1. The Labute approximate surface area is 202 Å². The Morgan fingerprint density at radius 1 is 1.06 bits per heavy atom. The smallest absolute Gasteiger partial charge is 0.266 e. The zero-order valence-electron chi connectivity index (χ0n) is 19.0. The first kappa shape index (κ1) is 24.1. The summed E-state index contributed by atoms with van der Waals surface area (Å²) in [5.41, 5.74) is 5.54. The van der Waals surface area contributed by atoms with E-state index in [-0.39, 0.29) is 5.57 Å². The van der Waals surface area contributed by atoms with Crippen molar-refractivity contribution in [1.29, 1.82) is 5.26 Å². The molecule has 0 saturated carbocycles. The number of nitrogens with one attached hydrogen (secondary N) is 1. The van der Waals surface area contributed by atoms with Gasteiger partial charge in [0.2, 0.25) is 0 Å². The molecule has 0 heterocycles. The summed E-state index contributed by atoms with van der Waals surface area (Å²) in [6.45, 7) is 6.31. The molecule has 0 aliphatic rings. The third-order valence-electron chi connectivity index (χ3n) is 5.06. The summed E-state index contributed by atoms with van der Waals surface area (Å²) in [7, 11) is 1.55. The third-order valence-corrected chi connectivity index (χ3v) is 5.65. The van der Waals surface area contributed by atoms with Crippen LogP contribution < -0.4 is 14.8 Å². The van der Waals surface area contributed by atoms with Gasteiger partial charge in [-0.05, 0) is 77.7 Å². The quantitative estimate of drug-likeness (QED) is 0.294. The topological polar surface area (TPSA) is 71.3 Å². The molecule has 0 fully saturated rings. The fourth-order valence-electron chi connectivity index (χ4n) is 3.26. The molecule has 0 aromatic heterocycles. The molecule has 0 spiro atoms. The van der Waals surface area contributed by atoms with Crippen LogP contribution in [0.1, 0.15) is 27.8 Å². The normalized spacial score (nSPS) is 11.0. The van der Waals surface area contributed by atoms with Crippen LogP contribution in [0, 0.1) is 32.1 Å². The minimum absolute atomic E-state index is 0.0164. The summed E-state index contributed by atoms with van der Waals surface area (Å²) in [6.07, 6.45) is 1.52. The summed E-state index contributed by atoms with van der Waals surface area (Å²) in [5.74, 6) is 0.572. The van der Waals surface area contributed by atoms with Gasteiger partial charge in [-0.2, -0.15) is 5.26 Å². The molecular formula is C27H25BrN2O3. The Kier molecular flexibility index (Phi) is 7.92. The molecular weight excluding hydrogens is 480 g/mol. The van der Waals surface area contributed by atoms with Crippen LogP contribution in [-0.4, -0.2) is 13.0 Å². The standard InChI is InChI=1S/C27H25BrN2O3/c1-17-5-8-20(9-6-17)16-33-26-23(28)13-21(14-25(26)32-4)12-22(15-29)27(31)30-24-10-7-18(2)11-19(24)3/h5-14H,16H2,1-4H3,(H,30,31)/b22-12-. The zero-order valence-corrected chi connectivity index (χ0v) is 20.6. The molecule has 0 saturated heterocycles. The molecule has 168 valence electrons. The van der Waals surface area contributed by atoms with Gasteiger partial charge in [-0.15, -0.1) is 0 Å². The van der Waals surface area contributed by atoms with E-state index < -0.39 is 5.91 Å². The first-order valence-corrected chi connectivity index (χ1v) is 11.2. The third kappa shape index (κ3) is 6.24. The second-order valence-electron chi connectivity index (χ2n) is 7.75. The van der Waals surface area contributed by atoms with Crippen molar-refractivity contribution in [2.45, 2.75) is 27.4 Å². The molecule has 5 nitrogen and oxygen atoms in total. The molecule has 0 atom stereocenters.